The molecule has 0 atom stereocenters. The second-order valence-electron chi connectivity index (χ2n) is 2.32. The maximum atomic E-state index is 11.1. The van der Waals surface area contributed by atoms with Gasteiger partial charge in [-0.15, -0.1) is 0 Å². The minimum atomic E-state index is -3.61. The van der Waals surface area contributed by atoms with Gasteiger partial charge in [0.15, 0.2) is 0 Å². The number of fused-ring (bicyclic) bond motifs is 1. The number of rotatable bonds is 0. The van der Waals surface area contributed by atoms with Crippen LogP contribution in [0.25, 0.3) is 0 Å². The van der Waals surface area contributed by atoms with Crippen LogP contribution in [0.15, 0.2) is 29.2 Å². The molecule has 0 amide bonds. The van der Waals surface area contributed by atoms with E-state index < -0.39 is 14.0 Å². The highest BCUT2D eigenvalue weighted by molar-refractivity contribution is 8.78. The summed E-state index contributed by atoms with van der Waals surface area (Å²) in [4.78, 5) is 11.6. The molecule has 0 saturated carbocycles. The molecule has 0 spiro atoms. The predicted molar refractivity (Wildman–Crippen MR) is 45.5 cm³/mol. The van der Waals surface area contributed by atoms with Crippen LogP contribution in [-0.2, 0) is 8.87 Å². The van der Waals surface area contributed by atoms with Crippen LogP contribution in [0.5, 0.6) is 0 Å². The summed E-state index contributed by atoms with van der Waals surface area (Å²) in [5.74, 6) is 0. The second-order valence-corrected chi connectivity index (χ2v) is 6.02. The molecule has 1 heterocycles. The van der Waals surface area contributed by atoms with Crippen molar-refractivity contribution in [2.24, 2.45) is 0 Å². The number of carbonyl (C=O) groups is 1. The van der Waals surface area contributed by atoms with E-state index in [0.29, 0.717) is 21.3 Å². The van der Waals surface area contributed by atoms with Crippen LogP contribution in [0.4, 0.5) is 0 Å². The molecule has 1 aromatic rings. The minimum absolute atomic E-state index is 0.294. The fourth-order valence-corrected chi connectivity index (χ4v) is 3.85. The first-order chi connectivity index (χ1) is 5.61. The molecule has 0 unspecified atom stereocenters. The average Bonchev–Trinajstić information content (AvgIpc) is 2.24. The van der Waals surface area contributed by atoms with Crippen molar-refractivity contribution in [3.05, 3.63) is 29.8 Å². The Morgan fingerprint density at radius 2 is 1.83 bits per heavy atom. The van der Waals surface area contributed by atoms with Crippen molar-refractivity contribution in [1.29, 1.82) is 0 Å². The molecule has 0 radical (unpaired) electrons. The first kappa shape index (κ1) is 7.82. The molecule has 0 N–H and O–H groups in total. The van der Waals surface area contributed by atoms with Gasteiger partial charge in [-0.2, -0.15) is 0 Å². The van der Waals surface area contributed by atoms with Gasteiger partial charge >= 0.3 is 0 Å². The van der Waals surface area contributed by atoms with Crippen LogP contribution in [-0.4, -0.2) is 13.5 Å². The standard InChI is InChI=1S/C7H4O3S2/c8-7-5-3-1-2-4-6(5)11-12(7,9)10/h1-4H. The number of carbonyl (C=O) groups excluding carboxylic acids is 1. The van der Waals surface area contributed by atoms with Crippen molar-refractivity contribution >= 4 is 24.8 Å². The van der Waals surface area contributed by atoms with Crippen LogP contribution in [0, 0.1) is 0 Å². The average molecular weight is 200 g/mol. The lowest BCUT2D eigenvalue weighted by Gasteiger charge is -1.88. The third kappa shape index (κ3) is 0.971. The Balaban J connectivity index is 2.73. The van der Waals surface area contributed by atoms with Gasteiger partial charge in [-0.25, -0.2) is 8.42 Å². The van der Waals surface area contributed by atoms with Crippen molar-refractivity contribution in [2.75, 3.05) is 0 Å². The summed E-state index contributed by atoms with van der Waals surface area (Å²) in [6, 6.07) is 6.51. The molecule has 62 valence electrons. The van der Waals surface area contributed by atoms with Gasteiger partial charge in [0.05, 0.1) is 0 Å². The number of benzene rings is 1. The van der Waals surface area contributed by atoms with Gasteiger partial charge in [-0.1, -0.05) is 12.1 Å². The van der Waals surface area contributed by atoms with Crippen molar-refractivity contribution in [3.63, 3.8) is 0 Å². The molecule has 0 saturated heterocycles. The summed E-state index contributed by atoms with van der Waals surface area (Å²) in [6.07, 6.45) is 0. The highest BCUT2D eigenvalue weighted by Crippen LogP contribution is 2.37. The Labute approximate surface area is 73.1 Å². The van der Waals surface area contributed by atoms with E-state index in [0.717, 1.165) is 0 Å². The molecule has 0 aliphatic carbocycles. The van der Waals surface area contributed by atoms with E-state index in [2.05, 4.69) is 0 Å². The largest absolute Gasteiger partial charge is 0.288 e. The van der Waals surface area contributed by atoms with Gasteiger partial charge < -0.3 is 0 Å². The normalized spacial score (nSPS) is 19.2. The van der Waals surface area contributed by atoms with Crippen LogP contribution >= 0.6 is 10.8 Å². The quantitative estimate of drug-likeness (QED) is 0.592. The van der Waals surface area contributed by atoms with E-state index in [9.17, 15) is 13.2 Å². The molecule has 1 aromatic carbocycles. The molecule has 0 bridgehead atoms. The lowest BCUT2D eigenvalue weighted by Crippen LogP contribution is -2.03. The first-order valence-electron chi connectivity index (χ1n) is 3.19. The smallest absolute Gasteiger partial charge is 0.275 e. The van der Waals surface area contributed by atoms with Crippen LogP contribution < -0.4 is 0 Å². The summed E-state index contributed by atoms with van der Waals surface area (Å²) < 4.78 is 22.1. The zero-order chi connectivity index (χ0) is 8.77. The summed E-state index contributed by atoms with van der Waals surface area (Å²) in [6.45, 7) is 0. The van der Waals surface area contributed by atoms with Gasteiger partial charge in [0.2, 0.25) is 0 Å². The monoisotopic (exact) mass is 200 g/mol. The van der Waals surface area contributed by atoms with Crippen molar-refractivity contribution in [3.8, 4) is 0 Å². The number of hydrogen-bond acceptors (Lipinski definition) is 4. The first-order valence-corrected chi connectivity index (χ1v) is 6.01. The fourth-order valence-electron chi connectivity index (χ4n) is 0.999. The zero-order valence-corrected chi connectivity index (χ0v) is 7.48. The molecule has 2 rings (SSSR count). The molecule has 5 heteroatoms. The van der Waals surface area contributed by atoms with Crippen LogP contribution in [0.2, 0.25) is 0 Å². The lowest BCUT2D eigenvalue weighted by molar-refractivity contribution is 0.107. The summed E-state index contributed by atoms with van der Waals surface area (Å²) >= 11 is 0. The van der Waals surface area contributed by atoms with Gasteiger partial charge in [0.1, 0.15) is 0 Å². The molecule has 1 aliphatic heterocycles. The maximum Gasteiger partial charge on any atom is 0.288 e. The van der Waals surface area contributed by atoms with Gasteiger partial charge in [0.25, 0.3) is 14.0 Å². The van der Waals surface area contributed by atoms with Gasteiger partial charge in [-0.05, 0) is 12.1 Å². The molecule has 0 aromatic heterocycles. The number of hydrogen-bond donors (Lipinski definition) is 0. The Morgan fingerprint density at radius 1 is 1.17 bits per heavy atom. The lowest BCUT2D eigenvalue weighted by atomic mass is 10.2. The van der Waals surface area contributed by atoms with E-state index in [4.69, 9.17) is 0 Å². The fraction of sp³-hybridized carbons (Fsp3) is 0. The van der Waals surface area contributed by atoms with Crippen molar-refractivity contribution < 1.29 is 13.2 Å². The predicted octanol–water partition coefficient (Wildman–Crippen LogP) is 1.26. The summed E-state index contributed by atoms with van der Waals surface area (Å²) in [5, 5.41) is -0.775. The third-order valence-electron chi connectivity index (χ3n) is 1.53. The van der Waals surface area contributed by atoms with E-state index >= 15 is 0 Å². The van der Waals surface area contributed by atoms with Crippen LogP contribution in [0.1, 0.15) is 10.4 Å². The van der Waals surface area contributed by atoms with Crippen molar-refractivity contribution in [1.82, 2.24) is 0 Å². The topological polar surface area (TPSA) is 51.2 Å². The molecule has 3 nitrogen and oxygen atoms in total. The molecule has 1 aliphatic rings. The third-order valence-corrected chi connectivity index (χ3v) is 4.61. The Morgan fingerprint density at radius 3 is 2.50 bits per heavy atom. The molecule has 0 fully saturated rings. The van der Waals surface area contributed by atoms with Crippen LogP contribution in [0.3, 0.4) is 0 Å². The van der Waals surface area contributed by atoms with E-state index in [-0.39, 0.29) is 0 Å². The Kier molecular flexibility index (Phi) is 1.52. The highest BCUT2D eigenvalue weighted by Gasteiger charge is 2.35. The second kappa shape index (κ2) is 2.34. The summed E-state index contributed by atoms with van der Waals surface area (Å²) in [7, 11) is -2.98. The Hall–Kier alpha value is -0.810. The summed E-state index contributed by atoms with van der Waals surface area (Å²) in [5.41, 5.74) is 0.294. The zero-order valence-electron chi connectivity index (χ0n) is 5.85. The van der Waals surface area contributed by atoms with E-state index in [1.165, 1.54) is 6.07 Å². The Bertz CT molecular complexity index is 447. The van der Waals surface area contributed by atoms with Gasteiger partial charge in [0, 0.05) is 21.3 Å². The van der Waals surface area contributed by atoms with Crippen molar-refractivity contribution in [2.45, 2.75) is 4.90 Å². The molecular weight excluding hydrogens is 196 g/mol. The highest BCUT2D eigenvalue weighted by atomic mass is 33.1. The SMILES string of the molecule is O=C1c2ccccc2SS1(=O)=O. The van der Waals surface area contributed by atoms with Gasteiger partial charge in [-0.3, -0.25) is 4.79 Å². The molecular formula is C7H4O3S2. The van der Waals surface area contributed by atoms with E-state index in [1.54, 1.807) is 18.2 Å². The molecule has 12 heavy (non-hydrogen) atoms. The maximum absolute atomic E-state index is 11.1. The minimum Gasteiger partial charge on any atom is -0.275 e. The van der Waals surface area contributed by atoms with E-state index in [1.807, 2.05) is 0 Å².